The summed E-state index contributed by atoms with van der Waals surface area (Å²) in [6.45, 7) is 4.35. The van der Waals surface area contributed by atoms with E-state index in [9.17, 15) is 0 Å². The minimum Gasteiger partial charge on any atom is -0.371 e. The van der Waals surface area contributed by atoms with Gasteiger partial charge in [0.25, 0.3) is 0 Å². The summed E-state index contributed by atoms with van der Waals surface area (Å²) in [6, 6.07) is 10.6. The fraction of sp³-hybridized carbons (Fsp3) is 0.421. The van der Waals surface area contributed by atoms with Crippen LogP contribution in [0.5, 0.6) is 0 Å². The second-order valence-electron chi connectivity index (χ2n) is 6.24. The molecule has 0 atom stereocenters. The molecule has 1 saturated heterocycles. The number of halogens is 1. The number of rotatable bonds is 4. The molecular weight excluding hydrogens is 306 g/mol. The quantitative estimate of drug-likeness (QED) is 0.762. The van der Waals surface area contributed by atoms with Crippen LogP contribution in [-0.2, 0) is 6.42 Å². The number of benzene rings is 1. The highest BCUT2D eigenvalue weighted by molar-refractivity contribution is 6.31. The minimum atomic E-state index is 0.637. The molecule has 3 nitrogen and oxygen atoms in total. The summed E-state index contributed by atoms with van der Waals surface area (Å²) in [5.41, 5.74) is 4.86. The van der Waals surface area contributed by atoms with Gasteiger partial charge in [-0.15, -0.1) is 0 Å². The molecule has 2 aromatic rings. The summed E-state index contributed by atoms with van der Waals surface area (Å²) in [5, 5.41) is 0.637. The molecule has 23 heavy (non-hydrogen) atoms. The summed E-state index contributed by atoms with van der Waals surface area (Å²) in [4.78, 5) is 9.27. The molecule has 1 aromatic carbocycles. The summed E-state index contributed by atoms with van der Waals surface area (Å²) >= 11 is 6.55. The minimum absolute atomic E-state index is 0.637. The zero-order chi connectivity index (χ0) is 16.4. The Balaban J connectivity index is 2.32. The smallest absolute Gasteiger partial charge is 0.139 e. The van der Waals surface area contributed by atoms with Crippen molar-refractivity contribution in [1.82, 2.24) is 4.98 Å². The van der Waals surface area contributed by atoms with Gasteiger partial charge in [-0.3, -0.25) is 0 Å². The van der Waals surface area contributed by atoms with Crippen molar-refractivity contribution in [2.24, 2.45) is 0 Å². The monoisotopic (exact) mass is 329 g/mol. The Morgan fingerprint density at radius 2 is 1.78 bits per heavy atom. The van der Waals surface area contributed by atoms with Crippen LogP contribution in [0.1, 0.15) is 25.3 Å². The van der Waals surface area contributed by atoms with Gasteiger partial charge in [-0.2, -0.15) is 0 Å². The highest BCUT2D eigenvalue weighted by atomic mass is 35.5. The molecule has 0 N–H and O–H groups in total. The van der Waals surface area contributed by atoms with Crippen molar-refractivity contribution in [3.63, 3.8) is 0 Å². The van der Waals surface area contributed by atoms with Crippen molar-refractivity contribution in [3.8, 4) is 11.1 Å². The molecule has 0 amide bonds. The van der Waals surface area contributed by atoms with Crippen molar-refractivity contribution >= 4 is 23.1 Å². The second-order valence-corrected chi connectivity index (χ2v) is 6.59. The molecule has 0 unspecified atom stereocenters. The standard InChI is InChI=1S/C19H24ClN3/c1-4-15-17(23-12-8-9-13-23)16(14-10-6-5-7-11-14)19(22(2)3)21-18(15)20/h5-7,10-11H,4,8-9,12-13H2,1-3H3. The van der Waals surface area contributed by atoms with Crippen LogP contribution in [0.2, 0.25) is 5.15 Å². The van der Waals surface area contributed by atoms with Gasteiger partial charge in [0, 0.05) is 38.3 Å². The summed E-state index contributed by atoms with van der Waals surface area (Å²) in [7, 11) is 4.06. The lowest BCUT2D eigenvalue weighted by Crippen LogP contribution is -2.23. The lowest BCUT2D eigenvalue weighted by molar-refractivity contribution is 0.937. The maximum Gasteiger partial charge on any atom is 0.139 e. The van der Waals surface area contributed by atoms with Crippen molar-refractivity contribution in [1.29, 1.82) is 0 Å². The molecular formula is C19H24ClN3. The third-order valence-corrected chi connectivity index (χ3v) is 4.77. The van der Waals surface area contributed by atoms with Crippen molar-refractivity contribution in [2.75, 3.05) is 37.0 Å². The molecule has 0 bridgehead atoms. The highest BCUT2D eigenvalue weighted by Crippen LogP contribution is 2.43. The van der Waals surface area contributed by atoms with Crippen molar-refractivity contribution in [3.05, 3.63) is 41.0 Å². The Hall–Kier alpha value is -1.74. The molecule has 0 saturated carbocycles. The predicted molar refractivity (Wildman–Crippen MR) is 99.8 cm³/mol. The first-order chi connectivity index (χ1) is 11.1. The molecule has 3 rings (SSSR count). The molecule has 1 aromatic heterocycles. The maximum absolute atomic E-state index is 6.55. The van der Waals surface area contributed by atoms with Gasteiger partial charge in [-0.05, 0) is 24.8 Å². The predicted octanol–water partition coefficient (Wildman–Crippen LogP) is 4.63. The SMILES string of the molecule is CCc1c(Cl)nc(N(C)C)c(-c2ccccc2)c1N1CCCC1. The molecule has 122 valence electrons. The summed E-state index contributed by atoms with van der Waals surface area (Å²) in [5.74, 6) is 0.945. The van der Waals surface area contributed by atoms with E-state index in [0.717, 1.165) is 30.9 Å². The summed E-state index contributed by atoms with van der Waals surface area (Å²) in [6.07, 6.45) is 3.38. The van der Waals surface area contributed by atoms with Crippen LogP contribution in [0.15, 0.2) is 30.3 Å². The van der Waals surface area contributed by atoms with Gasteiger partial charge in [0.15, 0.2) is 0 Å². The molecule has 0 aliphatic carbocycles. The lowest BCUT2D eigenvalue weighted by atomic mass is 9.99. The molecule has 0 radical (unpaired) electrons. The number of hydrogen-bond donors (Lipinski definition) is 0. The zero-order valence-corrected chi connectivity index (χ0v) is 14.9. The Morgan fingerprint density at radius 1 is 1.13 bits per heavy atom. The normalized spacial score (nSPS) is 14.3. The molecule has 0 spiro atoms. The lowest BCUT2D eigenvalue weighted by Gasteiger charge is -2.29. The largest absolute Gasteiger partial charge is 0.371 e. The average molecular weight is 330 g/mol. The summed E-state index contributed by atoms with van der Waals surface area (Å²) < 4.78 is 0. The number of pyridine rings is 1. The van der Waals surface area contributed by atoms with E-state index >= 15 is 0 Å². The van der Waals surface area contributed by atoms with Crippen LogP contribution in [0.3, 0.4) is 0 Å². The van der Waals surface area contributed by atoms with Crippen LogP contribution in [0.25, 0.3) is 11.1 Å². The van der Waals surface area contributed by atoms with Crippen LogP contribution >= 0.6 is 11.6 Å². The van der Waals surface area contributed by atoms with Gasteiger partial charge in [0.2, 0.25) is 0 Å². The van der Waals surface area contributed by atoms with E-state index in [1.54, 1.807) is 0 Å². The average Bonchev–Trinajstić information content (AvgIpc) is 3.08. The van der Waals surface area contributed by atoms with E-state index in [1.807, 2.05) is 14.1 Å². The van der Waals surface area contributed by atoms with E-state index in [4.69, 9.17) is 16.6 Å². The van der Waals surface area contributed by atoms with Crippen molar-refractivity contribution in [2.45, 2.75) is 26.2 Å². The van der Waals surface area contributed by atoms with Crippen LogP contribution in [0.4, 0.5) is 11.5 Å². The van der Waals surface area contributed by atoms with Crippen LogP contribution < -0.4 is 9.80 Å². The van der Waals surface area contributed by atoms with Crippen LogP contribution in [0, 0.1) is 0 Å². The first-order valence-corrected chi connectivity index (χ1v) is 8.71. The van der Waals surface area contributed by atoms with Gasteiger partial charge >= 0.3 is 0 Å². The third-order valence-electron chi connectivity index (χ3n) is 4.46. The van der Waals surface area contributed by atoms with E-state index in [2.05, 4.69) is 47.1 Å². The highest BCUT2D eigenvalue weighted by Gasteiger charge is 2.26. The number of hydrogen-bond acceptors (Lipinski definition) is 3. The van der Waals surface area contributed by atoms with Gasteiger partial charge < -0.3 is 9.80 Å². The second kappa shape index (κ2) is 6.79. The van der Waals surface area contributed by atoms with Crippen LogP contribution in [-0.4, -0.2) is 32.2 Å². The first kappa shape index (κ1) is 16.1. The Morgan fingerprint density at radius 3 is 2.35 bits per heavy atom. The first-order valence-electron chi connectivity index (χ1n) is 8.33. The van der Waals surface area contributed by atoms with Crippen molar-refractivity contribution < 1.29 is 0 Å². The van der Waals surface area contributed by atoms with Gasteiger partial charge in [0.1, 0.15) is 11.0 Å². The topological polar surface area (TPSA) is 19.4 Å². The molecule has 2 heterocycles. The van der Waals surface area contributed by atoms with E-state index < -0.39 is 0 Å². The van der Waals surface area contributed by atoms with Gasteiger partial charge in [-0.25, -0.2) is 4.98 Å². The molecule has 1 fully saturated rings. The number of aromatic nitrogens is 1. The Labute approximate surface area is 143 Å². The molecule has 1 aliphatic heterocycles. The number of nitrogens with zero attached hydrogens (tertiary/aromatic N) is 3. The number of anilines is 2. The fourth-order valence-corrected chi connectivity index (χ4v) is 3.67. The maximum atomic E-state index is 6.55. The zero-order valence-electron chi connectivity index (χ0n) is 14.1. The third kappa shape index (κ3) is 3.02. The van der Waals surface area contributed by atoms with E-state index in [0.29, 0.717) is 5.15 Å². The Bertz CT molecular complexity index is 677. The van der Waals surface area contributed by atoms with E-state index in [-0.39, 0.29) is 0 Å². The fourth-order valence-electron chi connectivity index (χ4n) is 3.37. The van der Waals surface area contributed by atoms with E-state index in [1.165, 1.54) is 29.7 Å². The Kier molecular flexibility index (Phi) is 4.76. The van der Waals surface area contributed by atoms with Gasteiger partial charge in [0.05, 0.1) is 5.69 Å². The molecule has 1 aliphatic rings. The van der Waals surface area contributed by atoms with Gasteiger partial charge in [-0.1, -0.05) is 48.9 Å². The molecule has 4 heteroatoms.